The molecule has 1 aromatic rings. The van der Waals surface area contributed by atoms with Crippen LogP contribution in [0.4, 0.5) is 8.78 Å². The average molecular weight is 352 g/mol. The van der Waals surface area contributed by atoms with Gasteiger partial charge in [0.15, 0.2) is 0 Å². The Kier molecular flexibility index (Phi) is 5.39. The fraction of sp³-hybridized carbons (Fsp3) is 0.632. The predicted octanol–water partition coefficient (Wildman–Crippen LogP) is 2.61. The molecule has 2 heterocycles. The van der Waals surface area contributed by atoms with Crippen molar-refractivity contribution in [3.63, 3.8) is 0 Å². The summed E-state index contributed by atoms with van der Waals surface area (Å²) in [5.74, 6) is -0.893. The zero-order chi connectivity index (χ0) is 18.0. The lowest BCUT2D eigenvalue weighted by molar-refractivity contribution is -0.189. The Balaban J connectivity index is 1.56. The fourth-order valence-electron chi connectivity index (χ4n) is 3.91. The van der Waals surface area contributed by atoms with Gasteiger partial charge in [0.25, 0.3) is 5.91 Å². The van der Waals surface area contributed by atoms with Gasteiger partial charge in [0, 0.05) is 38.3 Å². The number of hydrogen-bond donors (Lipinski definition) is 0. The van der Waals surface area contributed by atoms with Crippen LogP contribution in [0.25, 0.3) is 0 Å². The lowest BCUT2D eigenvalue weighted by Gasteiger charge is -2.49. The van der Waals surface area contributed by atoms with E-state index in [4.69, 9.17) is 4.74 Å². The molecule has 1 atom stereocenters. The Morgan fingerprint density at radius 3 is 2.48 bits per heavy atom. The number of rotatable bonds is 4. The number of carbonyl (C=O) groups is 1. The third-order valence-corrected chi connectivity index (χ3v) is 5.45. The number of benzene rings is 1. The van der Waals surface area contributed by atoms with Crippen LogP contribution in [-0.2, 0) is 16.0 Å². The van der Waals surface area contributed by atoms with Gasteiger partial charge >= 0.3 is 0 Å². The quantitative estimate of drug-likeness (QED) is 0.835. The van der Waals surface area contributed by atoms with Gasteiger partial charge in [-0.3, -0.25) is 4.79 Å². The van der Waals surface area contributed by atoms with Crippen molar-refractivity contribution >= 4 is 5.91 Å². The molecule has 2 fully saturated rings. The minimum Gasteiger partial charge on any atom is -0.360 e. The summed E-state index contributed by atoms with van der Waals surface area (Å²) < 4.78 is 33.5. The van der Waals surface area contributed by atoms with Gasteiger partial charge in [0.2, 0.25) is 0 Å². The van der Waals surface area contributed by atoms with Crippen LogP contribution >= 0.6 is 0 Å². The van der Waals surface area contributed by atoms with Gasteiger partial charge in [0.05, 0.1) is 5.60 Å². The number of amides is 1. The highest BCUT2D eigenvalue weighted by Gasteiger charge is 2.44. The van der Waals surface area contributed by atoms with Crippen molar-refractivity contribution in [1.29, 1.82) is 0 Å². The fourth-order valence-corrected chi connectivity index (χ4v) is 3.91. The molecule has 0 radical (unpaired) electrons. The molecule has 0 unspecified atom stereocenters. The molecule has 2 aliphatic heterocycles. The van der Waals surface area contributed by atoms with E-state index in [0.29, 0.717) is 26.1 Å². The van der Waals surface area contributed by atoms with Crippen molar-refractivity contribution in [2.45, 2.75) is 44.8 Å². The van der Waals surface area contributed by atoms with E-state index < -0.39 is 17.7 Å². The molecule has 0 N–H and O–H groups in total. The molecule has 4 nitrogen and oxygen atoms in total. The summed E-state index contributed by atoms with van der Waals surface area (Å²) in [5.41, 5.74) is -0.114. The Labute approximate surface area is 147 Å². The second kappa shape index (κ2) is 7.38. The van der Waals surface area contributed by atoms with Gasteiger partial charge in [-0.2, -0.15) is 0 Å². The smallest absolute Gasteiger partial charge is 0.251 e. The second-order valence-electron chi connectivity index (χ2n) is 7.09. The molecule has 25 heavy (non-hydrogen) atoms. The van der Waals surface area contributed by atoms with Gasteiger partial charge in [0.1, 0.15) is 17.7 Å². The molecular formula is C19H26F2N2O2. The monoisotopic (exact) mass is 352 g/mol. The Bertz CT molecular complexity index is 610. The van der Waals surface area contributed by atoms with Crippen molar-refractivity contribution in [2.75, 3.05) is 32.7 Å². The minimum atomic E-state index is -0.477. The highest BCUT2D eigenvalue weighted by molar-refractivity contribution is 5.81. The molecule has 1 aromatic carbocycles. The van der Waals surface area contributed by atoms with Crippen LogP contribution in [-0.4, -0.2) is 60.1 Å². The van der Waals surface area contributed by atoms with Gasteiger partial charge in [-0.1, -0.05) is 6.07 Å². The molecule has 0 aromatic heterocycles. The number of hydrogen-bond acceptors (Lipinski definition) is 3. The van der Waals surface area contributed by atoms with Crippen molar-refractivity contribution in [3.05, 3.63) is 35.4 Å². The van der Waals surface area contributed by atoms with Crippen LogP contribution in [0.5, 0.6) is 0 Å². The van der Waals surface area contributed by atoms with Crippen LogP contribution in [0.2, 0.25) is 0 Å². The maximum Gasteiger partial charge on any atom is 0.251 e. The summed E-state index contributed by atoms with van der Waals surface area (Å²) in [6, 6.07) is 4.00. The number of morpholine rings is 1. The molecule has 1 amide bonds. The van der Waals surface area contributed by atoms with Gasteiger partial charge in [-0.25, -0.2) is 8.78 Å². The first-order valence-corrected chi connectivity index (χ1v) is 9.06. The molecule has 2 aliphatic rings. The third kappa shape index (κ3) is 3.85. The molecule has 6 heteroatoms. The van der Waals surface area contributed by atoms with Crippen molar-refractivity contribution in [1.82, 2.24) is 9.80 Å². The summed E-state index contributed by atoms with van der Waals surface area (Å²) in [7, 11) is 0. The summed E-state index contributed by atoms with van der Waals surface area (Å²) >= 11 is 0. The van der Waals surface area contributed by atoms with Crippen LogP contribution in [0.1, 0.15) is 32.3 Å². The standard InChI is InChI=1S/C19H26F2N2O2/c1-3-23-13-19(25-14(2)18(23)24)8-11-22(12-9-19)10-7-15-16(20)5-4-6-17(15)21/h4-6,14H,3,7-13H2,1-2H3/t14-/m1/s1. The van der Waals surface area contributed by atoms with E-state index in [1.807, 2.05) is 18.7 Å². The zero-order valence-corrected chi connectivity index (χ0v) is 14.9. The summed E-state index contributed by atoms with van der Waals surface area (Å²) in [5, 5.41) is 0. The SMILES string of the molecule is CCN1CC2(CCN(CCc3c(F)cccc3F)CC2)O[C@H](C)C1=O. The lowest BCUT2D eigenvalue weighted by Crippen LogP contribution is -2.61. The van der Waals surface area contributed by atoms with Gasteiger partial charge in [-0.05, 0) is 45.2 Å². The van der Waals surface area contributed by atoms with Crippen molar-refractivity contribution in [3.8, 4) is 0 Å². The number of nitrogens with zero attached hydrogens (tertiary/aromatic N) is 2. The number of ether oxygens (including phenoxy) is 1. The van der Waals surface area contributed by atoms with Crippen LogP contribution in [0, 0.1) is 11.6 Å². The number of carbonyl (C=O) groups excluding carboxylic acids is 1. The van der Waals surface area contributed by atoms with Gasteiger partial charge in [-0.15, -0.1) is 0 Å². The van der Waals surface area contributed by atoms with Gasteiger partial charge < -0.3 is 14.5 Å². The first kappa shape index (κ1) is 18.3. The predicted molar refractivity (Wildman–Crippen MR) is 91.3 cm³/mol. The number of halogens is 2. The Morgan fingerprint density at radius 2 is 1.88 bits per heavy atom. The molecule has 0 aliphatic carbocycles. The van der Waals surface area contributed by atoms with E-state index >= 15 is 0 Å². The molecule has 138 valence electrons. The molecular weight excluding hydrogens is 326 g/mol. The highest BCUT2D eigenvalue weighted by Crippen LogP contribution is 2.32. The number of likely N-dealkylation sites (N-methyl/N-ethyl adjacent to an activating group) is 1. The minimum absolute atomic E-state index is 0.0607. The maximum absolute atomic E-state index is 13.7. The van der Waals surface area contributed by atoms with E-state index in [1.54, 1.807) is 0 Å². The third-order valence-electron chi connectivity index (χ3n) is 5.45. The molecule has 0 saturated carbocycles. The first-order chi connectivity index (χ1) is 11.9. The van der Waals surface area contributed by atoms with Crippen LogP contribution in [0.15, 0.2) is 18.2 Å². The average Bonchev–Trinajstić information content (AvgIpc) is 2.59. The van der Waals surface area contributed by atoms with E-state index in [2.05, 4.69) is 4.90 Å². The van der Waals surface area contributed by atoms with Crippen molar-refractivity contribution in [2.24, 2.45) is 0 Å². The van der Waals surface area contributed by atoms with E-state index in [0.717, 1.165) is 25.9 Å². The van der Waals surface area contributed by atoms with E-state index in [9.17, 15) is 13.6 Å². The number of likely N-dealkylation sites (tertiary alicyclic amines) is 1. The topological polar surface area (TPSA) is 32.8 Å². The van der Waals surface area contributed by atoms with E-state index in [1.165, 1.54) is 18.2 Å². The second-order valence-corrected chi connectivity index (χ2v) is 7.09. The summed E-state index contributed by atoms with van der Waals surface area (Å²) in [4.78, 5) is 16.2. The zero-order valence-electron chi connectivity index (χ0n) is 14.9. The van der Waals surface area contributed by atoms with E-state index in [-0.39, 0.29) is 17.1 Å². The maximum atomic E-state index is 13.7. The molecule has 2 saturated heterocycles. The molecule has 1 spiro atoms. The highest BCUT2D eigenvalue weighted by atomic mass is 19.1. The lowest BCUT2D eigenvalue weighted by atomic mass is 9.88. The van der Waals surface area contributed by atoms with Crippen LogP contribution in [0.3, 0.4) is 0 Å². The summed E-state index contributed by atoms with van der Waals surface area (Å²) in [6.07, 6.45) is 1.64. The molecule has 3 rings (SSSR count). The number of piperidine rings is 1. The molecule has 0 bridgehead atoms. The summed E-state index contributed by atoms with van der Waals surface area (Å²) in [6.45, 7) is 7.40. The first-order valence-electron chi connectivity index (χ1n) is 9.06. The Morgan fingerprint density at radius 1 is 1.24 bits per heavy atom. The largest absolute Gasteiger partial charge is 0.360 e. The normalized spacial score (nSPS) is 24.1. The van der Waals surface area contributed by atoms with Crippen LogP contribution < -0.4 is 0 Å². The Hall–Kier alpha value is -1.53. The van der Waals surface area contributed by atoms with Crippen molar-refractivity contribution < 1.29 is 18.3 Å².